The quantitative estimate of drug-likeness (QED) is 0.0933. The fraction of sp³-hybridized carbons (Fsp3) is 0.375. The highest BCUT2D eigenvalue weighted by Gasteiger charge is 2.44. The summed E-state index contributed by atoms with van der Waals surface area (Å²) >= 11 is 6.87. The van der Waals surface area contributed by atoms with Crippen LogP contribution >= 0.6 is 11.6 Å². The second kappa shape index (κ2) is 23.9. The number of allylic oxidation sites excluding steroid dienone is 5. The average Bonchev–Trinajstić information content (AvgIpc) is 3.31. The van der Waals surface area contributed by atoms with Gasteiger partial charge in [0.05, 0.1) is 16.8 Å². The molecule has 68 heavy (non-hydrogen) atoms. The minimum absolute atomic E-state index is 0.142. The van der Waals surface area contributed by atoms with Gasteiger partial charge >= 0.3 is 15.5 Å². The first kappa shape index (κ1) is 53.8. The molecular formula is C56H68ClF3N4O3S. The van der Waals surface area contributed by atoms with Crippen LogP contribution < -0.4 is 15.4 Å². The van der Waals surface area contributed by atoms with E-state index in [-0.39, 0.29) is 11.4 Å². The average molecular weight is 970 g/mol. The molecule has 0 amide bonds. The molecule has 0 aromatic heterocycles. The van der Waals surface area contributed by atoms with Gasteiger partial charge in [-0.1, -0.05) is 159 Å². The van der Waals surface area contributed by atoms with Gasteiger partial charge in [0.1, 0.15) is 0 Å². The van der Waals surface area contributed by atoms with Crippen molar-refractivity contribution in [3.63, 3.8) is 0 Å². The molecule has 2 aliphatic rings. The van der Waals surface area contributed by atoms with Crippen molar-refractivity contribution in [1.29, 1.82) is 0 Å². The van der Waals surface area contributed by atoms with Crippen LogP contribution in [0.15, 0.2) is 132 Å². The molecule has 0 radical (unpaired) electrons. The Balaban J connectivity index is 0.000000705. The topological polar surface area (TPSA) is 103 Å². The summed E-state index contributed by atoms with van der Waals surface area (Å²) in [4.78, 5) is 5.31. The van der Waals surface area contributed by atoms with Gasteiger partial charge in [-0.3, -0.25) is 0 Å². The van der Waals surface area contributed by atoms with Crippen molar-refractivity contribution in [3.8, 4) is 0 Å². The molecule has 12 heteroatoms. The zero-order valence-corrected chi connectivity index (χ0v) is 42.5. The number of alkyl halides is 4. The van der Waals surface area contributed by atoms with Crippen molar-refractivity contribution in [2.24, 2.45) is 4.99 Å². The van der Waals surface area contributed by atoms with E-state index in [1.54, 1.807) is 0 Å². The van der Waals surface area contributed by atoms with E-state index in [2.05, 4.69) is 187 Å². The van der Waals surface area contributed by atoms with Crippen LogP contribution in [-0.4, -0.2) is 50.3 Å². The minimum atomic E-state index is -5.19. The zero-order valence-electron chi connectivity index (χ0n) is 41.0. The predicted octanol–water partition coefficient (Wildman–Crippen LogP) is 15.4. The van der Waals surface area contributed by atoms with Gasteiger partial charge < -0.3 is 15.7 Å². The van der Waals surface area contributed by atoms with Crippen LogP contribution in [0.3, 0.4) is 0 Å². The maximum atomic E-state index is 11.2. The number of aliphatic hydroxyl groups is 1. The summed E-state index contributed by atoms with van der Waals surface area (Å²) in [5, 5.41) is 17.3. The lowest BCUT2D eigenvalue weighted by Crippen LogP contribution is -2.33. The molecule has 5 aromatic rings. The molecule has 0 saturated heterocycles. The van der Waals surface area contributed by atoms with Crippen molar-refractivity contribution >= 4 is 66.4 Å². The van der Waals surface area contributed by atoms with Gasteiger partial charge in [-0.05, 0) is 124 Å². The molecule has 1 saturated carbocycles. The number of nitrogens with zero attached hydrogens (tertiary/aromatic N) is 1. The molecule has 1 fully saturated rings. The first-order valence-electron chi connectivity index (χ1n) is 23.5. The fourth-order valence-electron chi connectivity index (χ4n) is 8.72. The summed E-state index contributed by atoms with van der Waals surface area (Å²) < 4.78 is 54.2. The molecule has 0 bridgehead atoms. The highest BCUT2D eigenvalue weighted by atomic mass is 35.5. The molecule has 0 spiro atoms. The van der Waals surface area contributed by atoms with Gasteiger partial charge in [0, 0.05) is 35.6 Å². The minimum Gasteiger partial charge on any atom is -0.400 e. The Labute approximate surface area is 407 Å². The van der Waals surface area contributed by atoms with Gasteiger partial charge in [-0.25, -0.2) is 18.1 Å². The Morgan fingerprint density at radius 1 is 0.676 bits per heavy atom. The predicted molar refractivity (Wildman–Crippen MR) is 282 cm³/mol. The van der Waals surface area contributed by atoms with E-state index >= 15 is 0 Å². The molecule has 7 nitrogen and oxygen atoms in total. The zero-order chi connectivity index (χ0) is 49.9. The Kier molecular flexibility index (Phi) is 18.9. The normalized spacial score (nSPS) is 16.2. The standard InChI is InChI=1S/C53H60ClN3.C2H4F3NO2S.CH4O/c1-33(2)41-17-13-18-42(34(3)4)52(41)55-39-27-23-37(24-28-39)51(38-25-29-40(30-26-38)56-53-43(35(5)6)19-14-20-44(53)36(7)8)47-31-32-49(46-16-10-9-15-45(46)47)57-50-22-12-11-21-48(50)54;1-6-9(7,8)2(3,4)5;1-2/h9-10,13-20,23-36,48,50,55,57H,11-12,21-22H2,1-8H3;6H,1H3;2H,1H3. The van der Waals surface area contributed by atoms with E-state index in [9.17, 15) is 21.6 Å². The largest absolute Gasteiger partial charge is 0.511 e. The molecule has 7 rings (SSSR count). The number of benzene rings is 5. The van der Waals surface area contributed by atoms with Crippen LogP contribution in [0, 0.1) is 0 Å². The summed E-state index contributed by atoms with van der Waals surface area (Å²) in [7, 11) is -3.39. The van der Waals surface area contributed by atoms with Gasteiger partial charge in [-0.15, -0.1) is 11.6 Å². The molecule has 0 aliphatic heterocycles. The molecule has 5 aromatic carbocycles. The van der Waals surface area contributed by atoms with E-state index in [1.165, 1.54) is 62.7 Å². The summed E-state index contributed by atoms with van der Waals surface area (Å²) in [6, 6.07) is 36.0. The maximum absolute atomic E-state index is 11.2. The number of hydrogen-bond acceptors (Lipinski definition) is 6. The number of hydrogen-bond donors (Lipinski definition) is 4. The summed E-state index contributed by atoms with van der Waals surface area (Å²) in [6.45, 7) is 18.1. The third-order valence-electron chi connectivity index (χ3n) is 12.3. The number of sulfonamides is 1. The Hall–Kier alpha value is -5.20. The van der Waals surface area contributed by atoms with Gasteiger partial charge in [0.15, 0.2) is 0 Å². The van der Waals surface area contributed by atoms with Crippen molar-refractivity contribution < 1.29 is 26.7 Å². The SMILES string of the molecule is CC(C)c1cccc(C(C)C)c1N=C1C=CC(=C(c2ccc(Nc3c(C(C)C)cccc3C(C)C)cc2)c2ccc(NC3CCCCC3Cl)c3ccccc23)C=C1.CNS(=O)(=O)C(F)(F)F.CO. The lowest BCUT2D eigenvalue weighted by molar-refractivity contribution is -0.0445. The highest BCUT2D eigenvalue weighted by Crippen LogP contribution is 2.41. The molecule has 0 heterocycles. The van der Waals surface area contributed by atoms with Gasteiger partial charge in [0.2, 0.25) is 0 Å². The van der Waals surface area contributed by atoms with Crippen LogP contribution in [0.1, 0.15) is 138 Å². The van der Waals surface area contributed by atoms with Crippen LogP contribution in [0.2, 0.25) is 0 Å². The third kappa shape index (κ3) is 12.9. The van der Waals surface area contributed by atoms with Crippen LogP contribution in [0.4, 0.5) is 35.9 Å². The van der Waals surface area contributed by atoms with Gasteiger partial charge in [-0.2, -0.15) is 13.2 Å². The monoisotopic (exact) mass is 968 g/mol. The Morgan fingerprint density at radius 2 is 1.19 bits per heavy atom. The van der Waals surface area contributed by atoms with E-state index in [0.717, 1.165) is 58.6 Å². The highest BCUT2D eigenvalue weighted by molar-refractivity contribution is 7.90. The van der Waals surface area contributed by atoms with E-state index in [4.69, 9.17) is 21.7 Å². The van der Waals surface area contributed by atoms with E-state index in [1.807, 2.05) is 0 Å². The van der Waals surface area contributed by atoms with E-state index < -0.39 is 15.5 Å². The summed E-state index contributed by atoms with van der Waals surface area (Å²) in [5.41, 5.74) is 10.3. The summed E-state index contributed by atoms with van der Waals surface area (Å²) in [5.74, 6) is 1.59. The number of aliphatic imine (C=N–C) groups is 1. The number of para-hydroxylation sites is 2. The number of aliphatic hydroxyl groups excluding tert-OH is 1. The maximum Gasteiger partial charge on any atom is 0.511 e. The van der Waals surface area contributed by atoms with Crippen LogP contribution in [0.5, 0.6) is 0 Å². The number of anilines is 3. The second-order valence-corrected chi connectivity index (χ2v) is 20.8. The molecule has 4 N–H and O–H groups in total. The first-order valence-corrected chi connectivity index (χ1v) is 25.4. The van der Waals surface area contributed by atoms with Crippen LogP contribution in [-0.2, 0) is 10.0 Å². The lowest BCUT2D eigenvalue weighted by Gasteiger charge is -2.29. The number of rotatable bonds is 12. The van der Waals surface area contributed by atoms with E-state index in [0.29, 0.717) is 30.7 Å². The Bertz CT molecular complexity index is 2670. The Morgan fingerprint density at radius 3 is 1.68 bits per heavy atom. The van der Waals surface area contributed by atoms with Gasteiger partial charge in [0.25, 0.3) is 0 Å². The van der Waals surface area contributed by atoms with Crippen LogP contribution in [0.25, 0.3) is 16.3 Å². The third-order valence-corrected chi connectivity index (χ3v) is 14.0. The molecular weight excluding hydrogens is 901 g/mol. The second-order valence-electron chi connectivity index (χ2n) is 18.4. The molecule has 2 aliphatic carbocycles. The number of halogens is 4. The molecule has 2 atom stereocenters. The lowest BCUT2D eigenvalue weighted by atomic mass is 9.87. The molecule has 364 valence electrons. The fourth-order valence-corrected chi connectivity index (χ4v) is 9.29. The molecule has 2 unspecified atom stereocenters. The van der Waals surface area contributed by atoms with Crippen molar-refractivity contribution in [2.45, 2.75) is 122 Å². The summed E-state index contributed by atoms with van der Waals surface area (Å²) in [6.07, 6.45) is 13.5. The number of fused-ring (bicyclic) bond motifs is 1. The van der Waals surface area contributed by atoms with Crippen molar-refractivity contribution in [1.82, 2.24) is 4.72 Å². The first-order chi connectivity index (χ1) is 32.3. The number of nitrogens with one attached hydrogen (secondary N) is 3. The van der Waals surface area contributed by atoms with Crippen molar-refractivity contribution in [3.05, 3.63) is 160 Å². The van der Waals surface area contributed by atoms with Crippen molar-refractivity contribution in [2.75, 3.05) is 24.8 Å². The smallest absolute Gasteiger partial charge is 0.400 e.